The van der Waals surface area contributed by atoms with Gasteiger partial charge < -0.3 is 10.1 Å². The van der Waals surface area contributed by atoms with Crippen LogP contribution in [0.5, 0.6) is 5.75 Å². The number of aryl methyl sites for hydroxylation is 1. The summed E-state index contributed by atoms with van der Waals surface area (Å²) in [4.78, 5) is 16.3. The Morgan fingerprint density at radius 2 is 1.71 bits per heavy atom. The van der Waals surface area contributed by atoms with Crippen LogP contribution in [-0.4, -0.2) is 17.5 Å². The smallest absolute Gasteiger partial charge is 0.263 e. The molecule has 0 unspecified atom stereocenters. The van der Waals surface area contributed by atoms with E-state index in [4.69, 9.17) is 39.5 Å². The number of hydrogen-bond donors (Lipinski definition) is 1. The normalized spacial score (nSPS) is 10.6. The van der Waals surface area contributed by atoms with E-state index in [0.29, 0.717) is 32.0 Å². The molecule has 4 nitrogen and oxygen atoms in total. The van der Waals surface area contributed by atoms with Crippen LogP contribution < -0.4 is 10.1 Å². The highest BCUT2D eigenvalue weighted by Crippen LogP contribution is 2.42. The number of nitrogens with one attached hydrogen (secondary N) is 1. The second-order valence-corrected chi connectivity index (χ2v) is 7.42. The van der Waals surface area contributed by atoms with Crippen LogP contribution in [0, 0.1) is 24.3 Å². The molecule has 0 radical (unpaired) electrons. The topological polar surface area (TPSA) is 51.2 Å². The number of aromatic nitrogens is 1. The standard InChI is InChI=1S/C16H14Cl3IN2O2/c1-7-13(17)8(2)15(19)16(14(7)18)24-6-12(23)22-11-5-4-10(20)9(3)21-11/h4-5H,6H2,1-3H3,(H,21,22,23). The van der Waals surface area contributed by atoms with Gasteiger partial charge in [0.05, 0.1) is 15.7 Å². The Hall–Kier alpha value is -0.760. The quantitative estimate of drug-likeness (QED) is 0.558. The number of carbonyl (C=O) groups is 1. The van der Waals surface area contributed by atoms with Crippen molar-refractivity contribution in [2.75, 3.05) is 11.9 Å². The number of amides is 1. The largest absolute Gasteiger partial charge is 0.481 e. The number of anilines is 1. The van der Waals surface area contributed by atoms with E-state index in [1.54, 1.807) is 19.9 Å². The minimum Gasteiger partial charge on any atom is -0.481 e. The molecule has 2 aromatic rings. The Balaban J connectivity index is 2.11. The van der Waals surface area contributed by atoms with E-state index in [-0.39, 0.29) is 18.3 Å². The summed E-state index contributed by atoms with van der Waals surface area (Å²) in [7, 11) is 0. The van der Waals surface area contributed by atoms with E-state index in [0.717, 1.165) is 9.26 Å². The van der Waals surface area contributed by atoms with Crippen LogP contribution in [0.4, 0.5) is 5.82 Å². The number of carbonyl (C=O) groups excluding carboxylic acids is 1. The summed E-state index contributed by atoms with van der Waals surface area (Å²) in [6.45, 7) is 5.15. The van der Waals surface area contributed by atoms with Crippen molar-refractivity contribution in [1.29, 1.82) is 0 Å². The summed E-state index contributed by atoms with van der Waals surface area (Å²) in [5.74, 6) is 0.349. The summed E-state index contributed by atoms with van der Waals surface area (Å²) in [5.41, 5.74) is 2.15. The lowest BCUT2D eigenvalue weighted by Crippen LogP contribution is -2.21. The predicted octanol–water partition coefficient (Wildman–Crippen LogP) is 5.59. The molecule has 1 aromatic heterocycles. The molecule has 0 saturated carbocycles. The van der Waals surface area contributed by atoms with E-state index in [2.05, 4.69) is 32.9 Å². The Bertz CT molecular complexity index is 783. The molecule has 0 aliphatic rings. The summed E-state index contributed by atoms with van der Waals surface area (Å²) < 4.78 is 6.53. The van der Waals surface area contributed by atoms with Crippen LogP contribution in [0.3, 0.4) is 0 Å². The van der Waals surface area contributed by atoms with Crippen molar-refractivity contribution in [1.82, 2.24) is 4.98 Å². The van der Waals surface area contributed by atoms with E-state index in [1.807, 2.05) is 13.0 Å². The molecule has 0 spiro atoms. The van der Waals surface area contributed by atoms with E-state index in [9.17, 15) is 4.79 Å². The first-order chi connectivity index (χ1) is 11.2. The fraction of sp³-hybridized carbons (Fsp3) is 0.250. The summed E-state index contributed by atoms with van der Waals surface area (Å²) in [6.07, 6.45) is 0. The minimum absolute atomic E-state index is 0.243. The van der Waals surface area contributed by atoms with Crippen molar-refractivity contribution < 1.29 is 9.53 Å². The summed E-state index contributed by atoms with van der Waals surface area (Å²) in [6, 6.07) is 3.60. The number of halogens is 4. The molecule has 0 fully saturated rings. The number of benzene rings is 1. The first kappa shape index (κ1) is 19.6. The fourth-order valence-corrected chi connectivity index (χ4v) is 3.09. The SMILES string of the molecule is Cc1nc(NC(=O)COc2c(Cl)c(C)c(Cl)c(C)c2Cl)ccc1I. The molecule has 24 heavy (non-hydrogen) atoms. The van der Waals surface area contributed by atoms with Crippen LogP contribution in [0.15, 0.2) is 12.1 Å². The van der Waals surface area contributed by atoms with Gasteiger partial charge in [0, 0.05) is 8.59 Å². The van der Waals surface area contributed by atoms with Gasteiger partial charge in [-0.2, -0.15) is 0 Å². The molecule has 1 heterocycles. The minimum atomic E-state index is -0.361. The second-order valence-electron chi connectivity index (χ2n) is 5.12. The molecule has 0 aliphatic carbocycles. The highest BCUT2D eigenvalue weighted by Gasteiger charge is 2.18. The third kappa shape index (κ3) is 4.25. The number of ether oxygens (including phenoxy) is 1. The highest BCUT2D eigenvalue weighted by molar-refractivity contribution is 14.1. The number of hydrogen-bond acceptors (Lipinski definition) is 3. The van der Waals surface area contributed by atoms with Crippen molar-refractivity contribution in [2.45, 2.75) is 20.8 Å². The van der Waals surface area contributed by atoms with Crippen molar-refractivity contribution in [3.05, 3.63) is 47.6 Å². The van der Waals surface area contributed by atoms with Gasteiger partial charge in [-0.05, 0) is 66.6 Å². The van der Waals surface area contributed by atoms with Gasteiger partial charge in [0.2, 0.25) is 0 Å². The molecule has 128 valence electrons. The second kappa shape index (κ2) is 8.08. The zero-order valence-corrected chi connectivity index (χ0v) is 17.6. The maximum absolute atomic E-state index is 12.1. The van der Waals surface area contributed by atoms with Crippen LogP contribution >= 0.6 is 57.4 Å². The van der Waals surface area contributed by atoms with Crippen LogP contribution in [0.25, 0.3) is 0 Å². The lowest BCUT2D eigenvalue weighted by Gasteiger charge is -2.15. The van der Waals surface area contributed by atoms with Crippen LogP contribution in [-0.2, 0) is 4.79 Å². The molecule has 0 bridgehead atoms. The Labute approximate surface area is 169 Å². The molecule has 0 atom stereocenters. The highest BCUT2D eigenvalue weighted by atomic mass is 127. The van der Waals surface area contributed by atoms with Gasteiger partial charge in [-0.25, -0.2) is 4.98 Å². The van der Waals surface area contributed by atoms with Gasteiger partial charge in [0.15, 0.2) is 12.4 Å². The zero-order chi connectivity index (χ0) is 18.0. The molecular weight excluding hydrogens is 485 g/mol. The lowest BCUT2D eigenvalue weighted by atomic mass is 10.1. The maximum Gasteiger partial charge on any atom is 0.263 e. The Morgan fingerprint density at radius 1 is 1.12 bits per heavy atom. The third-order valence-electron chi connectivity index (χ3n) is 3.35. The number of rotatable bonds is 4. The summed E-state index contributed by atoms with van der Waals surface area (Å²) >= 11 is 20.8. The van der Waals surface area contributed by atoms with Gasteiger partial charge in [-0.15, -0.1) is 0 Å². The lowest BCUT2D eigenvalue weighted by molar-refractivity contribution is -0.118. The average molecular weight is 500 g/mol. The van der Waals surface area contributed by atoms with Crippen molar-refractivity contribution in [2.24, 2.45) is 0 Å². The van der Waals surface area contributed by atoms with Crippen molar-refractivity contribution in [3.63, 3.8) is 0 Å². The first-order valence-corrected chi connectivity index (χ1v) is 9.13. The Morgan fingerprint density at radius 3 is 2.25 bits per heavy atom. The third-order valence-corrected chi connectivity index (χ3v) is 5.97. The molecule has 8 heteroatoms. The van der Waals surface area contributed by atoms with Gasteiger partial charge in [0.25, 0.3) is 5.91 Å². The molecule has 0 aliphatic heterocycles. The maximum atomic E-state index is 12.1. The van der Waals surface area contributed by atoms with Gasteiger partial charge in [-0.3, -0.25) is 4.79 Å². The zero-order valence-electron chi connectivity index (χ0n) is 13.1. The van der Waals surface area contributed by atoms with E-state index < -0.39 is 0 Å². The van der Waals surface area contributed by atoms with Crippen molar-refractivity contribution in [3.8, 4) is 5.75 Å². The predicted molar refractivity (Wildman–Crippen MR) is 107 cm³/mol. The molecule has 1 N–H and O–H groups in total. The number of nitrogens with zero attached hydrogens (tertiary/aromatic N) is 1. The average Bonchev–Trinajstić information content (AvgIpc) is 2.54. The molecule has 1 amide bonds. The summed E-state index contributed by atoms with van der Waals surface area (Å²) in [5, 5.41) is 3.75. The number of pyridine rings is 1. The molecule has 1 aromatic carbocycles. The fourth-order valence-electron chi connectivity index (χ4n) is 1.97. The van der Waals surface area contributed by atoms with Gasteiger partial charge in [-0.1, -0.05) is 34.8 Å². The van der Waals surface area contributed by atoms with Crippen LogP contribution in [0.2, 0.25) is 15.1 Å². The monoisotopic (exact) mass is 498 g/mol. The first-order valence-electron chi connectivity index (χ1n) is 6.91. The van der Waals surface area contributed by atoms with Gasteiger partial charge >= 0.3 is 0 Å². The Kier molecular flexibility index (Phi) is 6.59. The van der Waals surface area contributed by atoms with Crippen LogP contribution in [0.1, 0.15) is 16.8 Å². The van der Waals surface area contributed by atoms with Crippen molar-refractivity contribution >= 4 is 69.1 Å². The molecular formula is C16H14Cl3IN2O2. The molecule has 2 rings (SSSR count). The van der Waals surface area contributed by atoms with E-state index >= 15 is 0 Å². The molecule has 0 saturated heterocycles. The van der Waals surface area contributed by atoms with E-state index in [1.165, 1.54) is 0 Å². The van der Waals surface area contributed by atoms with Gasteiger partial charge in [0.1, 0.15) is 5.82 Å².